The molecule has 0 aliphatic carbocycles. The molecule has 26 heavy (non-hydrogen) atoms. The average molecular weight is 352 g/mol. The number of amides is 2. The highest BCUT2D eigenvalue weighted by atomic mass is 16.5. The number of hydrogen-bond donors (Lipinski definition) is 1. The number of fused-ring (bicyclic) bond motifs is 1. The van der Waals surface area contributed by atoms with Crippen LogP contribution >= 0.6 is 0 Å². The molecule has 0 bridgehead atoms. The number of nitrogens with one attached hydrogen (secondary N) is 1. The van der Waals surface area contributed by atoms with Crippen molar-refractivity contribution in [3.63, 3.8) is 0 Å². The highest BCUT2D eigenvalue weighted by molar-refractivity contribution is 6.07. The van der Waals surface area contributed by atoms with Crippen LogP contribution in [0.3, 0.4) is 0 Å². The Balaban J connectivity index is 2.01. The van der Waals surface area contributed by atoms with E-state index in [0.717, 1.165) is 22.6 Å². The van der Waals surface area contributed by atoms with Gasteiger partial charge < -0.3 is 15.0 Å². The third-order valence-corrected chi connectivity index (χ3v) is 4.77. The Bertz CT molecular complexity index is 830. The average Bonchev–Trinajstić information content (AvgIpc) is 2.60. The van der Waals surface area contributed by atoms with Crippen molar-refractivity contribution in [1.29, 1.82) is 0 Å². The lowest BCUT2D eigenvalue weighted by molar-refractivity contribution is -0.119. The van der Waals surface area contributed by atoms with Crippen molar-refractivity contribution in [2.75, 3.05) is 12.0 Å². The summed E-state index contributed by atoms with van der Waals surface area (Å²) in [4.78, 5) is 26.6. The second-order valence-corrected chi connectivity index (χ2v) is 6.80. The quantitative estimate of drug-likeness (QED) is 0.918. The molecular formula is C21H24N2O3. The fourth-order valence-corrected chi connectivity index (χ4v) is 3.53. The summed E-state index contributed by atoms with van der Waals surface area (Å²) in [6, 6.07) is 13.1. The van der Waals surface area contributed by atoms with E-state index in [9.17, 15) is 9.59 Å². The molecule has 0 aromatic heterocycles. The largest absolute Gasteiger partial charge is 0.497 e. The fourth-order valence-electron chi connectivity index (χ4n) is 3.53. The van der Waals surface area contributed by atoms with E-state index < -0.39 is 0 Å². The van der Waals surface area contributed by atoms with Gasteiger partial charge in [-0.05, 0) is 61.7 Å². The van der Waals surface area contributed by atoms with E-state index in [0.29, 0.717) is 12.0 Å². The molecule has 1 aliphatic rings. The first-order valence-electron chi connectivity index (χ1n) is 8.76. The minimum atomic E-state index is -0.0852. The lowest BCUT2D eigenvalue weighted by atomic mass is 9.90. The van der Waals surface area contributed by atoms with E-state index in [1.807, 2.05) is 36.9 Å². The van der Waals surface area contributed by atoms with Gasteiger partial charge in [0.1, 0.15) is 5.75 Å². The van der Waals surface area contributed by atoms with E-state index >= 15 is 0 Å². The van der Waals surface area contributed by atoms with Crippen molar-refractivity contribution >= 4 is 17.5 Å². The maximum Gasteiger partial charge on any atom is 0.258 e. The summed E-state index contributed by atoms with van der Waals surface area (Å²) in [7, 11) is 1.60. The SMILES string of the molecule is COc1ccc(C(=O)N2c3cc(C)ccc3C(NC(C)=O)CC2C)cc1. The third-order valence-electron chi connectivity index (χ3n) is 4.77. The smallest absolute Gasteiger partial charge is 0.258 e. The minimum Gasteiger partial charge on any atom is -0.497 e. The number of rotatable bonds is 3. The van der Waals surface area contributed by atoms with Crippen LogP contribution in [0, 0.1) is 6.92 Å². The van der Waals surface area contributed by atoms with Crippen molar-refractivity contribution < 1.29 is 14.3 Å². The fraction of sp³-hybridized carbons (Fsp3) is 0.333. The van der Waals surface area contributed by atoms with Gasteiger partial charge in [-0.1, -0.05) is 12.1 Å². The van der Waals surface area contributed by atoms with Gasteiger partial charge in [-0.25, -0.2) is 0 Å². The summed E-state index contributed by atoms with van der Waals surface area (Å²) < 4.78 is 5.17. The van der Waals surface area contributed by atoms with Crippen LogP contribution in [0.2, 0.25) is 0 Å². The van der Waals surface area contributed by atoms with Crippen molar-refractivity contribution in [3.05, 3.63) is 59.2 Å². The number of hydrogen-bond acceptors (Lipinski definition) is 3. The van der Waals surface area contributed by atoms with Crippen LogP contribution in [0.5, 0.6) is 5.75 Å². The van der Waals surface area contributed by atoms with Crippen molar-refractivity contribution in [2.45, 2.75) is 39.3 Å². The second-order valence-electron chi connectivity index (χ2n) is 6.80. The number of carbonyl (C=O) groups excluding carboxylic acids is 2. The molecule has 1 heterocycles. The van der Waals surface area contributed by atoms with Gasteiger partial charge in [-0.2, -0.15) is 0 Å². The summed E-state index contributed by atoms with van der Waals surface area (Å²) in [6.07, 6.45) is 0.678. The number of aryl methyl sites for hydroxylation is 1. The zero-order chi connectivity index (χ0) is 18.8. The van der Waals surface area contributed by atoms with Gasteiger partial charge in [0.15, 0.2) is 0 Å². The summed E-state index contributed by atoms with van der Waals surface area (Å²) in [5, 5.41) is 3.01. The Morgan fingerprint density at radius 1 is 1.15 bits per heavy atom. The molecule has 0 saturated carbocycles. The molecule has 1 N–H and O–H groups in total. The standard InChI is InChI=1S/C21H24N2O3/c1-13-5-10-18-19(22-15(3)24)12-14(2)23(20(18)11-13)21(25)16-6-8-17(26-4)9-7-16/h5-11,14,19H,12H2,1-4H3,(H,22,24). The molecular weight excluding hydrogens is 328 g/mol. The van der Waals surface area contributed by atoms with Gasteiger partial charge in [0, 0.05) is 24.2 Å². The molecule has 136 valence electrons. The van der Waals surface area contributed by atoms with E-state index in [4.69, 9.17) is 4.74 Å². The molecule has 1 aliphatic heterocycles. The number of nitrogens with zero attached hydrogens (tertiary/aromatic N) is 1. The van der Waals surface area contributed by atoms with E-state index in [1.54, 1.807) is 31.4 Å². The van der Waals surface area contributed by atoms with Crippen LogP contribution in [0.4, 0.5) is 5.69 Å². The predicted molar refractivity (Wildman–Crippen MR) is 102 cm³/mol. The molecule has 2 atom stereocenters. The number of carbonyl (C=O) groups is 2. The van der Waals surface area contributed by atoms with Gasteiger partial charge in [0.2, 0.25) is 5.91 Å². The molecule has 5 heteroatoms. The van der Waals surface area contributed by atoms with Crippen LogP contribution in [0.15, 0.2) is 42.5 Å². The first-order valence-corrected chi connectivity index (χ1v) is 8.76. The second kappa shape index (κ2) is 7.20. The van der Waals surface area contributed by atoms with Crippen LogP contribution < -0.4 is 15.0 Å². The lowest BCUT2D eigenvalue weighted by Crippen LogP contribution is -2.46. The summed E-state index contributed by atoms with van der Waals surface area (Å²) >= 11 is 0. The number of benzene rings is 2. The number of ether oxygens (including phenoxy) is 1. The molecule has 5 nitrogen and oxygen atoms in total. The molecule has 0 radical (unpaired) electrons. The molecule has 2 unspecified atom stereocenters. The summed E-state index contributed by atoms with van der Waals surface area (Å²) in [5.41, 5.74) is 3.53. The molecule has 2 aromatic carbocycles. The number of anilines is 1. The molecule has 0 saturated heterocycles. The van der Waals surface area contributed by atoms with E-state index in [2.05, 4.69) is 5.32 Å². The van der Waals surface area contributed by atoms with Gasteiger partial charge in [-0.3, -0.25) is 9.59 Å². The first kappa shape index (κ1) is 18.0. The first-order chi connectivity index (χ1) is 12.4. The molecule has 0 fully saturated rings. The maximum atomic E-state index is 13.2. The normalized spacial score (nSPS) is 18.8. The minimum absolute atomic E-state index is 0.0317. The predicted octanol–water partition coefficient (Wildman–Crippen LogP) is 3.62. The van der Waals surface area contributed by atoms with Gasteiger partial charge in [0.25, 0.3) is 5.91 Å². The zero-order valence-electron chi connectivity index (χ0n) is 15.6. The topological polar surface area (TPSA) is 58.6 Å². The summed E-state index contributed by atoms with van der Waals surface area (Å²) in [6.45, 7) is 5.54. The lowest BCUT2D eigenvalue weighted by Gasteiger charge is -2.39. The highest BCUT2D eigenvalue weighted by Gasteiger charge is 2.34. The van der Waals surface area contributed by atoms with Crippen molar-refractivity contribution in [1.82, 2.24) is 5.32 Å². The van der Waals surface area contributed by atoms with Crippen molar-refractivity contribution in [2.24, 2.45) is 0 Å². The highest BCUT2D eigenvalue weighted by Crippen LogP contribution is 2.38. The van der Waals surface area contributed by atoms with E-state index in [-0.39, 0.29) is 23.9 Å². The van der Waals surface area contributed by atoms with Crippen LogP contribution in [-0.2, 0) is 4.79 Å². The molecule has 2 amide bonds. The van der Waals surface area contributed by atoms with Crippen LogP contribution in [0.1, 0.15) is 47.8 Å². The number of methoxy groups -OCH3 is 1. The van der Waals surface area contributed by atoms with Gasteiger partial charge >= 0.3 is 0 Å². The monoisotopic (exact) mass is 352 g/mol. The maximum absolute atomic E-state index is 13.2. The zero-order valence-corrected chi connectivity index (χ0v) is 15.6. The molecule has 0 spiro atoms. The van der Waals surface area contributed by atoms with Crippen LogP contribution in [-0.4, -0.2) is 25.0 Å². The third kappa shape index (κ3) is 3.43. The van der Waals surface area contributed by atoms with Crippen LogP contribution in [0.25, 0.3) is 0 Å². The summed E-state index contributed by atoms with van der Waals surface area (Å²) in [5.74, 6) is 0.604. The Morgan fingerprint density at radius 3 is 2.46 bits per heavy atom. The molecule has 2 aromatic rings. The Hall–Kier alpha value is -2.82. The molecule has 3 rings (SSSR count). The van der Waals surface area contributed by atoms with Gasteiger partial charge in [-0.15, -0.1) is 0 Å². The van der Waals surface area contributed by atoms with Gasteiger partial charge in [0.05, 0.1) is 13.2 Å². The van der Waals surface area contributed by atoms with Crippen molar-refractivity contribution in [3.8, 4) is 5.75 Å². The Kier molecular flexibility index (Phi) is 4.98. The van der Waals surface area contributed by atoms with E-state index in [1.165, 1.54) is 6.92 Å². The Labute approximate surface area is 154 Å². The Morgan fingerprint density at radius 2 is 1.85 bits per heavy atom.